The van der Waals surface area contributed by atoms with Crippen molar-refractivity contribution in [1.82, 2.24) is 9.88 Å². The first-order chi connectivity index (χ1) is 7.54. The number of rotatable bonds is 4. The van der Waals surface area contributed by atoms with Crippen molar-refractivity contribution in [3.63, 3.8) is 0 Å². The maximum absolute atomic E-state index is 12.1. The molecule has 0 aliphatic heterocycles. The molecule has 0 aliphatic rings. The van der Waals surface area contributed by atoms with Gasteiger partial charge in [0.15, 0.2) is 0 Å². The van der Waals surface area contributed by atoms with Crippen molar-refractivity contribution in [2.45, 2.75) is 20.8 Å². The first-order valence-corrected chi connectivity index (χ1v) is 5.41. The van der Waals surface area contributed by atoms with Crippen molar-refractivity contribution in [2.24, 2.45) is 0 Å². The highest BCUT2D eigenvalue weighted by molar-refractivity contribution is 5.94. The number of carbonyl (C=O) groups is 1. The molecule has 0 saturated carbocycles. The summed E-state index contributed by atoms with van der Waals surface area (Å²) in [5.41, 5.74) is 2.53. The number of nitrogens with zero attached hydrogens (tertiary/aromatic N) is 2. The Bertz CT molecular complexity index is 381. The van der Waals surface area contributed by atoms with Gasteiger partial charge < -0.3 is 4.90 Å². The van der Waals surface area contributed by atoms with E-state index in [0.717, 1.165) is 11.3 Å². The quantitative estimate of drug-likeness (QED) is 0.727. The van der Waals surface area contributed by atoms with Gasteiger partial charge in [-0.25, -0.2) is 0 Å². The lowest BCUT2D eigenvalue weighted by Crippen LogP contribution is -2.32. The number of pyridine rings is 1. The van der Waals surface area contributed by atoms with E-state index in [-0.39, 0.29) is 5.91 Å². The van der Waals surface area contributed by atoms with Crippen molar-refractivity contribution in [3.05, 3.63) is 41.7 Å². The highest BCUT2D eigenvalue weighted by Gasteiger charge is 2.13. The van der Waals surface area contributed by atoms with E-state index >= 15 is 0 Å². The van der Waals surface area contributed by atoms with Crippen molar-refractivity contribution in [3.8, 4) is 0 Å². The molecule has 0 aromatic carbocycles. The van der Waals surface area contributed by atoms with E-state index in [1.165, 1.54) is 0 Å². The molecule has 0 saturated heterocycles. The minimum absolute atomic E-state index is 0.0120. The molecule has 0 spiro atoms. The van der Waals surface area contributed by atoms with Gasteiger partial charge in [0.2, 0.25) is 0 Å². The van der Waals surface area contributed by atoms with Gasteiger partial charge in [-0.3, -0.25) is 9.78 Å². The van der Waals surface area contributed by atoms with Crippen molar-refractivity contribution >= 4 is 5.91 Å². The van der Waals surface area contributed by atoms with Crippen LogP contribution in [0.1, 0.15) is 29.9 Å². The lowest BCUT2D eigenvalue weighted by Gasteiger charge is -2.20. The predicted octanol–water partition coefficient (Wildman–Crippen LogP) is 2.43. The average molecular weight is 218 g/mol. The molecule has 0 aliphatic carbocycles. The van der Waals surface area contributed by atoms with Crippen molar-refractivity contribution < 1.29 is 4.79 Å². The Kier molecular flexibility index (Phi) is 4.23. The molecule has 1 rings (SSSR count). The second kappa shape index (κ2) is 5.45. The Labute approximate surface area is 96.8 Å². The van der Waals surface area contributed by atoms with Crippen LogP contribution in [0.2, 0.25) is 0 Å². The fourth-order valence-electron chi connectivity index (χ4n) is 1.43. The smallest absolute Gasteiger partial charge is 0.255 e. The molecule has 0 fully saturated rings. The van der Waals surface area contributed by atoms with E-state index in [4.69, 9.17) is 0 Å². The van der Waals surface area contributed by atoms with Crippen LogP contribution in [0.15, 0.2) is 30.5 Å². The van der Waals surface area contributed by atoms with Gasteiger partial charge in [-0.1, -0.05) is 12.2 Å². The Balaban J connectivity index is 2.82. The SMILES string of the molecule is C=C(C)CN(CC)C(=O)c1ccc(C)nc1. The minimum atomic E-state index is 0.0120. The van der Waals surface area contributed by atoms with Gasteiger partial charge in [-0.15, -0.1) is 0 Å². The summed E-state index contributed by atoms with van der Waals surface area (Å²) in [4.78, 5) is 18.0. The van der Waals surface area contributed by atoms with Gasteiger partial charge in [0.1, 0.15) is 0 Å². The topological polar surface area (TPSA) is 33.2 Å². The fraction of sp³-hybridized carbons (Fsp3) is 0.385. The first kappa shape index (κ1) is 12.4. The number of aryl methyl sites for hydroxylation is 1. The van der Waals surface area contributed by atoms with Crippen LogP contribution >= 0.6 is 0 Å². The van der Waals surface area contributed by atoms with Gasteiger partial charge in [0.25, 0.3) is 5.91 Å². The summed E-state index contributed by atoms with van der Waals surface area (Å²) in [6, 6.07) is 3.66. The summed E-state index contributed by atoms with van der Waals surface area (Å²) in [7, 11) is 0. The Morgan fingerprint density at radius 3 is 2.62 bits per heavy atom. The zero-order valence-electron chi connectivity index (χ0n) is 10.2. The van der Waals surface area contributed by atoms with Gasteiger partial charge in [-0.2, -0.15) is 0 Å². The normalized spacial score (nSPS) is 9.94. The number of hydrogen-bond acceptors (Lipinski definition) is 2. The summed E-state index contributed by atoms with van der Waals surface area (Å²) in [5, 5.41) is 0. The molecule has 3 heteroatoms. The molecule has 0 unspecified atom stereocenters. The molecule has 1 heterocycles. The van der Waals surface area contributed by atoms with Crippen LogP contribution in [0.4, 0.5) is 0 Å². The van der Waals surface area contributed by atoms with Crippen LogP contribution in [0, 0.1) is 6.92 Å². The zero-order valence-corrected chi connectivity index (χ0v) is 10.2. The molecule has 3 nitrogen and oxygen atoms in total. The van der Waals surface area contributed by atoms with Crippen LogP contribution in [0.5, 0.6) is 0 Å². The number of amides is 1. The molecule has 16 heavy (non-hydrogen) atoms. The number of aromatic nitrogens is 1. The number of hydrogen-bond donors (Lipinski definition) is 0. The molecule has 0 bridgehead atoms. The Morgan fingerprint density at radius 1 is 1.50 bits per heavy atom. The third-order valence-electron chi connectivity index (χ3n) is 2.29. The Morgan fingerprint density at radius 2 is 2.19 bits per heavy atom. The maximum atomic E-state index is 12.1. The second-order valence-electron chi connectivity index (χ2n) is 3.96. The molecule has 1 aromatic rings. The third kappa shape index (κ3) is 3.19. The average Bonchev–Trinajstić information content (AvgIpc) is 2.25. The van der Waals surface area contributed by atoms with E-state index in [1.54, 1.807) is 11.1 Å². The molecule has 0 N–H and O–H groups in total. The lowest BCUT2D eigenvalue weighted by atomic mass is 10.2. The number of likely N-dealkylation sites (N-methyl/N-ethyl adjacent to an activating group) is 1. The van der Waals surface area contributed by atoms with Crippen molar-refractivity contribution in [1.29, 1.82) is 0 Å². The fourth-order valence-corrected chi connectivity index (χ4v) is 1.43. The second-order valence-corrected chi connectivity index (χ2v) is 3.96. The predicted molar refractivity (Wildman–Crippen MR) is 65.4 cm³/mol. The minimum Gasteiger partial charge on any atom is -0.335 e. The lowest BCUT2D eigenvalue weighted by molar-refractivity contribution is 0.0778. The van der Waals surface area contributed by atoms with E-state index in [0.29, 0.717) is 18.7 Å². The molecular weight excluding hydrogens is 200 g/mol. The molecular formula is C13H18N2O. The largest absolute Gasteiger partial charge is 0.335 e. The number of carbonyl (C=O) groups excluding carboxylic acids is 1. The van der Waals surface area contributed by atoms with Crippen LogP contribution < -0.4 is 0 Å². The van der Waals surface area contributed by atoms with E-state index in [1.807, 2.05) is 32.9 Å². The first-order valence-electron chi connectivity index (χ1n) is 5.41. The summed E-state index contributed by atoms with van der Waals surface area (Å²) in [6.45, 7) is 10.9. The molecule has 1 amide bonds. The zero-order chi connectivity index (χ0) is 12.1. The molecule has 1 aromatic heterocycles. The molecule has 0 radical (unpaired) electrons. The van der Waals surface area contributed by atoms with Crippen LogP contribution in [0.3, 0.4) is 0 Å². The van der Waals surface area contributed by atoms with Gasteiger partial charge in [-0.05, 0) is 32.9 Å². The summed E-state index contributed by atoms with van der Waals surface area (Å²) in [6.07, 6.45) is 1.62. The van der Waals surface area contributed by atoms with E-state index < -0.39 is 0 Å². The van der Waals surface area contributed by atoms with Crippen LogP contribution in [0.25, 0.3) is 0 Å². The van der Waals surface area contributed by atoms with Gasteiger partial charge in [0.05, 0.1) is 5.56 Å². The molecule has 86 valence electrons. The summed E-state index contributed by atoms with van der Waals surface area (Å²) >= 11 is 0. The maximum Gasteiger partial charge on any atom is 0.255 e. The van der Waals surface area contributed by atoms with Gasteiger partial charge in [0, 0.05) is 25.0 Å². The van der Waals surface area contributed by atoms with E-state index in [2.05, 4.69) is 11.6 Å². The van der Waals surface area contributed by atoms with Crippen LogP contribution in [-0.4, -0.2) is 28.9 Å². The third-order valence-corrected chi connectivity index (χ3v) is 2.29. The standard InChI is InChI=1S/C13H18N2O/c1-5-15(9-10(2)3)13(16)12-7-6-11(4)14-8-12/h6-8H,2,5,9H2,1,3-4H3. The Hall–Kier alpha value is -1.64. The summed E-state index contributed by atoms with van der Waals surface area (Å²) < 4.78 is 0. The summed E-state index contributed by atoms with van der Waals surface area (Å²) in [5.74, 6) is 0.0120. The van der Waals surface area contributed by atoms with E-state index in [9.17, 15) is 4.79 Å². The van der Waals surface area contributed by atoms with Crippen LogP contribution in [-0.2, 0) is 0 Å². The monoisotopic (exact) mass is 218 g/mol. The van der Waals surface area contributed by atoms with Gasteiger partial charge >= 0.3 is 0 Å². The highest BCUT2D eigenvalue weighted by atomic mass is 16.2. The highest BCUT2D eigenvalue weighted by Crippen LogP contribution is 2.06. The van der Waals surface area contributed by atoms with Crippen molar-refractivity contribution in [2.75, 3.05) is 13.1 Å². The molecule has 0 atom stereocenters.